The van der Waals surface area contributed by atoms with E-state index < -0.39 is 0 Å². The van der Waals surface area contributed by atoms with Gasteiger partial charge in [0.15, 0.2) is 5.78 Å². The molecule has 29 heavy (non-hydrogen) atoms. The monoisotopic (exact) mass is 401 g/mol. The normalized spacial score (nSPS) is 24.9. The molecule has 0 bridgehead atoms. The zero-order valence-corrected chi connectivity index (χ0v) is 19.1. The number of aryl methyl sites for hydroxylation is 1. The highest BCUT2D eigenvalue weighted by Crippen LogP contribution is 2.48. The average molecular weight is 402 g/mol. The number of Topliss-reactive ketones (excluding diaryl/α,β-unsaturated/α-hetero) is 1. The van der Waals surface area contributed by atoms with Crippen LogP contribution in [-0.2, 0) is 4.79 Å². The molecule has 1 fully saturated rings. The van der Waals surface area contributed by atoms with Gasteiger partial charge in [0, 0.05) is 17.4 Å². The summed E-state index contributed by atoms with van der Waals surface area (Å²) in [7, 11) is 1.62. The predicted octanol–water partition coefficient (Wildman–Crippen LogP) is 5.56. The number of rotatable bonds is 9. The maximum atomic E-state index is 13.5. The van der Waals surface area contributed by atoms with Gasteiger partial charge in [-0.1, -0.05) is 47.0 Å². The third-order valence-corrected chi connectivity index (χ3v) is 7.15. The van der Waals surface area contributed by atoms with Crippen LogP contribution in [0.15, 0.2) is 18.2 Å². The number of carbonyl (C=O) groups is 2. The van der Waals surface area contributed by atoms with E-state index in [2.05, 4.69) is 20.8 Å². The number of unbranched alkanes of at least 4 members (excludes halogenated alkanes) is 2. The molecule has 2 rings (SSSR count). The van der Waals surface area contributed by atoms with Crippen LogP contribution in [0.4, 0.5) is 0 Å². The summed E-state index contributed by atoms with van der Waals surface area (Å²) in [5.41, 5.74) is 7.55. The smallest absolute Gasteiger partial charge is 0.220 e. The lowest BCUT2D eigenvalue weighted by atomic mass is 9.59. The van der Waals surface area contributed by atoms with Gasteiger partial charge in [-0.3, -0.25) is 9.59 Å². The van der Waals surface area contributed by atoms with Crippen LogP contribution in [0.3, 0.4) is 0 Å². The number of nitrogens with two attached hydrogens (primary N) is 1. The lowest BCUT2D eigenvalue weighted by Gasteiger charge is -2.45. The second kappa shape index (κ2) is 9.77. The van der Waals surface area contributed by atoms with Crippen molar-refractivity contribution in [1.29, 1.82) is 0 Å². The number of ketones is 1. The van der Waals surface area contributed by atoms with E-state index in [4.69, 9.17) is 10.5 Å². The van der Waals surface area contributed by atoms with Crippen molar-refractivity contribution in [1.82, 2.24) is 0 Å². The molecule has 4 atom stereocenters. The van der Waals surface area contributed by atoms with Crippen LogP contribution in [0.25, 0.3) is 0 Å². The van der Waals surface area contributed by atoms with Crippen LogP contribution in [0.5, 0.6) is 5.75 Å². The van der Waals surface area contributed by atoms with E-state index in [1.807, 2.05) is 32.0 Å². The van der Waals surface area contributed by atoms with E-state index in [9.17, 15) is 9.59 Å². The van der Waals surface area contributed by atoms with E-state index >= 15 is 0 Å². The molecule has 4 heteroatoms. The summed E-state index contributed by atoms with van der Waals surface area (Å²) >= 11 is 0. The quantitative estimate of drug-likeness (QED) is 0.435. The maximum absolute atomic E-state index is 13.5. The number of hydrogen-bond acceptors (Lipinski definition) is 3. The molecule has 0 heterocycles. The summed E-state index contributed by atoms with van der Waals surface area (Å²) < 4.78 is 5.36. The van der Waals surface area contributed by atoms with Crippen molar-refractivity contribution in [2.75, 3.05) is 7.11 Å². The topological polar surface area (TPSA) is 69.4 Å². The lowest BCUT2D eigenvalue weighted by molar-refractivity contribution is -0.126. The Kier molecular flexibility index (Phi) is 7.90. The molecule has 1 aliphatic carbocycles. The van der Waals surface area contributed by atoms with Gasteiger partial charge in [0.25, 0.3) is 0 Å². The fourth-order valence-electron chi connectivity index (χ4n) is 5.03. The van der Waals surface area contributed by atoms with Crippen LogP contribution in [-0.4, -0.2) is 18.8 Å². The van der Waals surface area contributed by atoms with Crippen molar-refractivity contribution in [2.24, 2.45) is 34.8 Å². The second-order valence-electron chi connectivity index (χ2n) is 9.69. The van der Waals surface area contributed by atoms with E-state index in [1.165, 1.54) is 19.3 Å². The Balaban J connectivity index is 2.32. The molecular formula is C25H39NO3. The molecule has 0 aromatic heterocycles. The van der Waals surface area contributed by atoms with E-state index in [-0.39, 0.29) is 34.9 Å². The summed E-state index contributed by atoms with van der Waals surface area (Å²) in [5, 5.41) is 0. The van der Waals surface area contributed by atoms with Gasteiger partial charge in [-0.25, -0.2) is 0 Å². The lowest BCUT2D eigenvalue weighted by Crippen LogP contribution is -2.45. The van der Waals surface area contributed by atoms with Crippen molar-refractivity contribution >= 4 is 11.7 Å². The summed E-state index contributed by atoms with van der Waals surface area (Å²) in [4.78, 5) is 25.8. The standard InChI is InChI=1S/C25H39NO3/c1-7-8-9-10-25(4,5)19-14-21(17(3)22(15-19)24(26)28)23(27)18-11-16(2)12-20(13-18)29-6/h11-13,17,19,21-22H,7-10,14-15H2,1-6H3,(H2,26,28)/t17-,19-,21+,22?/m0/s1. The van der Waals surface area contributed by atoms with Crippen LogP contribution in [0.1, 0.15) is 82.1 Å². The third kappa shape index (κ3) is 5.61. The third-order valence-electron chi connectivity index (χ3n) is 7.15. The molecule has 4 nitrogen and oxygen atoms in total. The molecule has 1 aliphatic rings. The van der Waals surface area contributed by atoms with Gasteiger partial charge in [-0.2, -0.15) is 0 Å². The highest BCUT2D eigenvalue weighted by atomic mass is 16.5. The van der Waals surface area contributed by atoms with E-state index in [0.29, 0.717) is 17.2 Å². The Morgan fingerprint density at radius 1 is 1.14 bits per heavy atom. The molecule has 0 aliphatic heterocycles. The number of carbonyl (C=O) groups excluding carboxylic acids is 2. The van der Waals surface area contributed by atoms with Crippen molar-refractivity contribution < 1.29 is 14.3 Å². The molecule has 1 aromatic carbocycles. The van der Waals surface area contributed by atoms with Gasteiger partial charge < -0.3 is 10.5 Å². The average Bonchev–Trinajstić information content (AvgIpc) is 2.66. The van der Waals surface area contributed by atoms with Crippen LogP contribution in [0, 0.1) is 36.0 Å². The number of hydrogen-bond donors (Lipinski definition) is 1. The second-order valence-corrected chi connectivity index (χ2v) is 9.69. The van der Waals surface area contributed by atoms with Gasteiger partial charge in [0.2, 0.25) is 5.91 Å². The van der Waals surface area contributed by atoms with Crippen molar-refractivity contribution in [2.45, 2.75) is 73.1 Å². The minimum absolute atomic E-state index is 0.0470. The molecular weight excluding hydrogens is 362 g/mol. The summed E-state index contributed by atoms with van der Waals surface area (Å²) in [6.07, 6.45) is 6.32. The molecule has 2 N–H and O–H groups in total. The van der Waals surface area contributed by atoms with E-state index in [0.717, 1.165) is 24.8 Å². The van der Waals surface area contributed by atoms with Gasteiger partial charge in [-0.05, 0) is 67.2 Å². The molecule has 1 amide bonds. The predicted molar refractivity (Wildman–Crippen MR) is 118 cm³/mol. The Bertz CT molecular complexity index is 725. The minimum atomic E-state index is -0.272. The first-order valence-electron chi connectivity index (χ1n) is 11.1. The summed E-state index contributed by atoms with van der Waals surface area (Å²) in [6, 6.07) is 5.66. The zero-order chi connectivity index (χ0) is 21.8. The fourth-order valence-corrected chi connectivity index (χ4v) is 5.03. The number of amides is 1. The molecule has 0 radical (unpaired) electrons. The van der Waals surface area contributed by atoms with Gasteiger partial charge in [0.05, 0.1) is 7.11 Å². The largest absolute Gasteiger partial charge is 0.497 e. The van der Waals surface area contributed by atoms with Crippen molar-refractivity contribution in [3.05, 3.63) is 29.3 Å². The first kappa shape index (κ1) is 23.4. The Labute approximate surface area is 176 Å². The highest BCUT2D eigenvalue weighted by Gasteiger charge is 2.45. The van der Waals surface area contributed by atoms with Gasteiger partial charge in [0.1, 0.15) is 5.75 Å². The van der Waals surface area contributed by atoms with Crippen molar-refractivity contribution in [3.8, 4) is 5.75 Å². The van der Waals surface area contributed by atoms with Crippen LogP contribution >= 0.6 is 0 Å². The van der Waals surface area contributed by atoms with Gasteiger partial charge in [-0.15, -0.1) is 0 Å². The minimum Gasteiger partial charge on any atom is -0.497 e. The molecule has 1 aromatic rings. The molecule has 1 unspecified atom stereocenters. The SMILES string of the molecule is CCCCCC(C)(C)[C@@H]1CC(C(N)=O)[C@@H](C)[C@H](C(=O)c2cc(C)cc(OC)c2)C1. The molecule has 162 valence electrons. The molecule has 1 saturated carbocycles. The Morgan fingerprint density at radius 2 is 1.79 bits per heavy atom. The number of primary amides is 1. The fraction of sp³-hybridized carbons (Fsp3) is 0.680. The van der Waals surface area contributed by atoms with E-state index in [1.54, 1.807) is 7.11 Å². The van der Waals surface area contributed by atoms with Gasteiger partial charge >= 0.3 is 0 Å². The summed E-state index contributed by atoms with van der Waals surface area (Å²) in [5.74, 6) is 0.358. The first-order chi connectivity index (χ1) is 13.6. The maximum Gasteiger partial charge on any atom is 0.220 e. The molecule has 0 saturated heterocycles. The van der Waals surface area contributed by atoms with Crippen LogP contribution < -0.4 is 10.5 Å². The Morgan fingerprint density at radius 3 is 2.38 bits per heavy atom. The highest BCUT2D eigenvalue weighted by molar-refractivity contribution is 5.99. The zero-order valence-electron chi connectivity index (χ0n) is 19.1. The number of methoxy groups -OCH3 is 1. The number of benzene rings is 1. The molecule has 0 spiro atoms. The van der Waals surface area contributed by atoms with Crippen molar-refractivity contribution in [3.63, 3.8) is 0 Å². The van der Waals surface area contributed by atoms with Crippen LogP contribution in [0.2, 0.25) is 0 Å². The number of ether oxygens (including phenoxy) is 1. The first-order valence-corrected chi connectivity index (χ1v) is 11.1. The summed E-state index contributed by atoms with van der Waals surface area (Å²) in [6.45, 7) is 10.8. The Hall–Kier alpha value is -1.84.